The van der Waals surface area contributed by atoms with Crippen molar-refractivity contribution in [2.75, 3.05) is 0 Å². The molecule has 0 fully saturated rings. The number of hydrogen-bond donors (Lipinski definition) is 0. The van der Waals surface area contributed by atoms with E-state index in [4.69, 9.17) is 9.72 Å². The molecule has 10 aromatic rings. The minimum atomic E-state index is -3.36. The zero-order valence-corrected chi connectivity index (χ0v) is 30.5. The number of pyridine rings is 1. The molecule has 12 rings (SSSR count). The molecule has 5 heterocycles. The van der Waals surface area contributed by atoms with Gasteiger partial charge in [-0.3, -0.25) is 4.57 Å². The second-order valence-corrected chi connectivity index (χ2v) is 18.0. The van der Waals surface area contributed by atoms with Crippen LogP contribution in [0, 0.1) is 0 Å². The predicted octanol–water partition coefficient (Wildman–Crippen LogP) is 11.0. The molecule has 2 atom stereocenters. The fourth-order valence-corrected chi connectivity index (χ4v) is 13.8. The molecule has 2 aliphatic heterocycles. The second kappa shape index (κ2) is 10.9. The number of fused-ring (bicyclic) bond motifs is 14. The zero-order chi connectivity index (χ0) is 35.6. The maximum Gasteiger partial charge on any atom is 0.171 e. The Morgan fingerprint density at radius 1 is 0.537 bits per heavy atom. The normalized spacial score (nSPS) is 18.4. The maximum absolute atomic E-state index is 16.4. The molecule has 4 nitrogen and oxygen atoms in total. The fraction of sp³-hybridized carbons (Fsp3) is 0.0208. The Balaban J connectivity index is 1.24. The van der Waals surface area contributed by atoms with Crippen molar-refractivity contribution in [2.24, 2.45) is 0 Å². The monoisotopic (exact) mass is 728 g/mol. The second-order valence-electron chi connectivity index (χ2n) is 14.2. The van der Waals surface area contributed by atoms with Gasteiger partial charge in [0.05, 0.1) is 16.6 Å². The minimum Gasteiger partial charge on any atom is -0.457 e. The van der Waals surface area contributed by atoms with Crippen molar-refractivity contribution in [1.29, 1.82) is 0 Å². The van der Waals surface area contributed by atoms with Gasteiger partial charge in [-0.2, -0.15) is 0 Å². The number of rotatable bonds is 2. The molecule has 0 N–H and O–H groups in total. The lowest BCUT2D eigenvalue weighted by molar-refractivity contribution is 0.435. The van der Waals surface area contributed by atoms with Gasteiger partial charge in [0.25, 0.3) is 0 Å². The summed E-state index contributed by atoms with van der Waals surface area (Å²) >= 11 is 1.77. The Labute approximate surface area is 314 Å². The van der Waals surface area contributed by atoms with Crippen LogP contribution in [-0.4, -0.2) is 9.55 Å². The summed E-state index contributed by atoms with van der Waals surface area (Å²) < 4.78 is 28.0. The summed E-state index contributed by atoms with van der Waals surface area (Å²) in [6, 6.07) is 59.3. The predicted molar refractivity (Wildman–Crippen MR) is 223 cm³/mol. The summed E-state index contributed by atoms with van der Waals surface area (Å²) in [6.07, 6.45) is 1.85. The molecule has 54 heavy (non-hydrogen) atoms. The van der Waals surface area contributed by atoms with Gasteiger partial charge in [0.2, 0.25) is 0 Å². The number of hydrogen-bond acceptors (Lipinski definition) is 4. The highest BCUT2D eigenvalue weighted by molar-refractivity contribution is 7.85. The van der Waals surface area contributed by atoms with Crippen LogP contribution in [0.4, 0.5) is 0 Å². The zero-order valence-electron chi connectivity index (χ0n) is 28.8. The summed E-state index contributed by atoms with van der Waals surface area (Å²) in [5, 5.41) is 7.22. The van der Waals surface area contributed by atoms with E-state index in [0.29, 0.717) is 0 Å². The van der Waals surface area contributed by atoms with Crippen molar-refractivity contribution >= 4 is 76.5 Å². The van der Waals surface area contributed by atoms with Crippen LogP contribution in [0.2, 0.25) is 0 Å². The van der Waals surface area contributed by atoms with Crippen molar-refractivity contribution < 1.29 is 9.30 Å². The molecule has 0 radical (unpaired) electrons. The van der Waals surface area contributed by atoms with Gasteiger partial charge < -0.3 is 9.30 Å². The lowest BCUT2D eigenvalue weighted by Gasteiger charge is -2.47. The Kier molecular flexibility index (Phi) is 6.10. The van der Waals surface area contributed by atoms with Gasteiger partial charge >= 0.3 is 0 Å². The van der Waals surface area contributed by atoms with Crippen LogP contribution in [0.1, 0.15) is 22.3 Å². The van der Waals surface area contributed by atoms with Gasteiger partial charge in [0.1, 0.15) is 17.1 Å². The smallest absolute Gasteiger partial charge is 0.171 e. The van der Waals surface area contributed by atoms with Gasteiger partial charge in [-0.05, 0) is 59.7 Å². The first-order valence-corrected chi connectivity index (χ1v) is 20.7. The molecule has 0 bridgehead atoms. The molecule has 254 valence electrons. The average Bonchev–Trinajstić information content (AvgIpc) is 3.77. The number of ether oxygens (including phenoxy) is 1. The van der Waals surface area contributed by atoms with Crippen molar-refractivity contribution in [3.05, 3.63) is 198 Å². The molecule has 0 aliphatic carbocycles. The van der Waals surface area contributed by atoms with E-state index in [1.807, 2.05) is 54.7 Å². The SMILES string of the molecule is O=P1(c2ccccc2)c2ccccc2C2(c3ccccc3Oc3cc(-n4c5ccccc5c5cccnc54)ccc32)c2cc3c(cc21)sc1ccccc13. The minimum absolute atomic E-state index is 0.764. The third-order valence-electron chi connectivity index (χ3n) is 11.6. The summed E-state index contributed by atoms with van der Waals surface area (Å²) in [4.78, 5) is 4.87. The van der Waals surface area contributed by atoms with Crippen LogP contribution in [-0.2, 0) is 9.98 Å². The van der Waals surface area contributed by atoms with E-state index in [-0.39, 0.29) is 0 Å². The van der Waals surface area contributed by atoms with Crippen molar-refractivity contribution in [3.8, 4) is 17.2 Å². The Hall–Kier alpha value is -6.26. The lowest BCUT2D eigenvalue weighted by atomic mass is 9.63. The van der Waals surface area contributed by atoms with Crippen molar-refractivity contribution in [1.82, 2.24) is 9.55 Å². The van der Waals surface area contributed by atoms with Gasteiger partial charge in [-0.1, -0.05) is 115 Å². The van der Waals surface area contributed by atoms with Crippen LogP contribution >= 0.6 is 18.5 Å². The Morgan fingerprint density at radius 2 is 1.26 bits per heavy atom. The first-order chi connectivity index (χ1) is 26.7. The summed E-state index contributed by atoms with van der Waals surface area (Å²) in [5.74, 6) is 1.55. The van der Waals surface area contributed by atoms with Gasteiger partial charge in [-0.25, -0.2) is 4.98 Å². The molecule has 0 saturated carbocycles. The van der Waals surface area contributed by atoms with E-state index < -0.39 is 12.6 Å². The molecule has 0 saturated heterocycles. The molecule has 0 amide bonds. The largest absolute Gasteiger partial charge is 0.457 e. The molecule has 7 aromatic carbocycles. The van der Waals surface area contributed by atoms with E-state index in [0.717, 1.165) is 82.0 Å². The van der Waals surface area contributed by atoms with Crippen molar-refractivity contribution in [2.45, 2.75) is 5.41 Å². The number of benzene rings is 7. The highest BCUT2D eigenvalue weighted by Crippen LogP contribution is 2.62. The van der Waals surface area contributed by atoms with Gasteiger partial charge in [0, 0.05) is 70.2 Å². The fourth-order valence-electron chi connectivity index (χ4n) is 9.39. The van der Waals surface area contributed by atoms with Crippen molar-refractivity contribution in [3.63, 3.8) is 0 Å². The summed E-state index contributed by atoms with van der Waals surface area (Å²) in [7, 11) is -3.36. The average molecular weight is 729 g/mol. The summed E-state index contributed by atoms with van der Waals surface area (Å²) in [5.41, 5.74) is 6.23. The third-order valence-corrected chi connectivity index (χ3v) is 15.9. The number of thiophene rings is 1. The molecular weight excluding hydrogens is 700 g/mol. The number of nitrogens with zero attached hydrogens (tertiary/aromatic N) is 2. The van der Waals surface area contributed by atoms with E-state index in [2.05, 4.69) is 126 Å². The van der Waals surface area contributed by atoms with E-state index in [1.54, 1.807) is 11.3 Å². The van der Waals surface area contributed by atoms with E-state index in [1.165, 1.54) is 15.5 Å². The van der Waals surface area contributed by atoms with Crippen LogP contribution in [0.15, 0.2) is 176 Å². The van der Waals surface area contributed by atoms with Crippen LogP contribution in [0.5, 0.6) is 11.5 Å². The summed E-state index contributed by atoms with van der Waals surface area (Å²) in [6.45, 7) is 0. The first-order valence-electron chi connectivity index (χ1n) is 18.1. The van der Waals surface area contributed by atoms with E-state index in [9.17, 15) is 0 Å². The maximum atomic E-state index is 16.4. The third kappa shape index (κ3) is 3.77. The van der Waals surface area contributed by atoms with Gasteiger partial charge in [-0.15, -0.1) is 11.3 Å². The Morgan fingerprint density at radius 3 is 2.17 bits per heavy atom. The van der Waals surface area contributed by atoms with Crippen LogP contribution < -0.4 is 20.7 Å². The van der Waals surface area contributed by atoms with E-state index >= 15 is 4.57 Å². The van der Waals surface area contributed by atoms with Crippen LogP contribution in [0.25, 0.3) is 47.8 Å². The molecular formula is C48H29N2O2PS. The highest BCUT2D eigenvalue weighted by Gasteiger charge is 2.54. The molecule has 6 heteroatoms. The van der Waals surface area contributed by atoms with Crippen LogP contribution in [0.3, 0.4) is 0 Å². The lowest BCUT2D eigenvalue weighted by Crippen LogP contribution is -2.47. The molecule has 1 spiro atoms. The quantitative estimate of drug-likeness (QED) is 0.167. The number of aromatic nitrogens is 2. The molecule has 2 unspecified atom stereocenters. The van der Waals surface area contributed by atoms with Gasteiger partial charge in [0.15, 0.2) is 7.14 Å². The molecule has 2 aliphatic rings. The standard InChI is InChI=1S/C48H29N2O2PS/c51-53(31-13-2-1-3-14-31)43-22-10-7-19-38(43)48(39-28-35-33-16-5-11-23-45(33)54-46(35)29-44(39)53)36-18-6-9-21-41(36)52-42-27-30(24-25-37(42)48)50-40-20-8-4-15-32(40)34-17-12-26-49-47(34)50/h1-29H. The number of para-hydroxylation sites is 2. The highest BCUT2D eigenvalue weighted by atomic mass is 32.1. The topological polar surface area (TPSA) is 44.1 Å². The Bertz CT molecular complexity index is 3200. The molecule has 3 aromatic heterocycles. The first kappa shape index (κ1) is 30.2.